The number of nitrogens with zero attached hydrogens (tertiary/aromatic N) is 1. The molecule has 1 heterocycles. The summed E-state index contributed by atoms with van der Waals surface area (Å²) in [6.07, 6.45) is 0.236. The van der Waals surface area contributed by atoms with Crippen LogP contribution in [0.15, 0.2) is 46.4 Å². The van der Waals surface area contributed by atoms with E-state index in [-0.39, 0.29) is 23.3 Å². The monoisotopic (exact) mass is 301 g/mol. The minimum Gasteiger partial charge on any atom is -0.478 e. The third-order valence-electron chi connectivity index (χ3n) is 3.02. The second-order valence-corrected chi connectivity index (χ2v) is 4.68. The summed E-state index contributed by atoms with van der Waals surface area (Å²) in [5.41, 5.74) is 0.747. The average molecular weight is 302 g/mol. The molecule has 2 rings (SSSR count). The average Bonchev–Trinajstić information content (AvgIpc) is 2.93. The molecule has 1 aromatic heterocycles. The normalized spacial score (nSPS) is 11.7. The fraction of sp³-hybridized carbons (Fsp3) is 0.125. The SMILES string of the molecule is CC/C(C(=O)O)=C(/C#N)c1ccc(-c2ccccc2Cl)o1. The fourth-order valence-electron chi connectivity index (χ4n) is 1.98. The van der Waals surface area contributed by atoms with E-state index in [1.807, 2.05) is 12.1 Å². The van der Waals surface area contributed by atoms with Crippen LogP contribution in [0.5, 0.6) is 0 Å². The molecule has 106 valence electrons. The molecule has 1 aromatic carbocycles. The van der Waals surface area contributed by atoms with Gasteiger partial charge in [-0.3, -0.25) is 0 Å². The number of rotatable bonds is 4. The number of hydrogen-bond donors (Lipinski definition) is 1. The van der Waals surface area contributed by atoms with Crippen molar-refractivity contribution in [3.8, 4) is 17.4 Å². The van der Waals surface area contributed by atoms with Crippen LogP contribution in [0, 0.1) is 11.3 Å². The Labute approximate surface area is 126 Å². The Bertz CT molecular complexity index is 753. The van der Waals surface area contributed by atoms with Crippen LogP contribution in [0.4, 0.5) is 0 Å². The highest BCUT2D eigenvalue weighted by Crippen LogP contribution is 2.32. The molecule has 0 radical (unpaired) electrons. The number of carboxylic acid groups (broad SMARTS) is 1. The van der Waals surface area contributed by atoms with Gasteiger partial charge in [0.05, 0.1) is 10.6 Å². The summed E-state index contributed by atoms with van der Waals surface area (Å²) in [5.74, 6) is -0.402. The number of carboxylic acids is 1. The van der Waals surface area contributed by atoms with Crippen molar-refractivity contribution in [1.29, 1.82) is 5.26 Å². The van der Waals surface area contributed by atoms with E-state index in [0.29, 0.717) is 16.3 Å². The zero-order valence-electron chi connectivity index (χ0n) is 11.3. The first-order chi connectivity index (χ1) is 10.1. The van der Waals surface area contributed by atoms with Gasteiger partial charge in [-0.2, -0.15) is 5.26 Å². The van der Waals surface area contributed by atoms with Crippen molar-refractivity contribution >= 4 is 23.1 Å². The Morgan fingerprint density at radius 3 is 2.62 bits per heavy atom. The molecule has 0 fully saturated rings. The third kappa shape index (κ3) is 2.99. The molecule has 0 aliphatic heterocycles. The van der Waals surface area contributed by atoms with Gasteiger partial charge in [0.25, 0.3) is 0 Å². The van der Waals surface area contributed by atoms with Gasteiger partial charge in [-0.15, -0.1) is 0 Å². The molecular weight excluding hydrogens is 290 g/mol. The quantitative estimate of drug-likeness (QED) is 0.672. The van der Waals surface area contributed by atoms with Gasteiger partial charge in [0.1, 0.15) is 23.2 Å². The van der Waals surface area contributed by atoms with E-state index in [1.165, 1.54) is 0 Å². The number of furan rings is 1. The van der Waals surface area contributed by atoms with E-state index >= 15 is 0 Å². The Kier molecular flexibility index (Phi) is 4.46. The zero-order chi connectivity index (χ0) is 15.4. The van der Waals surface area contributed by atoms with E-state index in [4.69, 9.17) is 21.1 Å². The highest BCUT2D eigenvalue weighted by atomic mass is 35.5. The zero-order valence-corrected chi connectivity index (χ0v) is 12.0. The maximum absolute atomic E-state index is 11.2. The highest BCUT2D eigenvalue weighted by molar-refractivity contribution is 6.33. The molecule has 5 heteroatoms. The maximum atomic E-state index is 11.2. The second-order valence-electron chi connectivity index (χ2n) is 4.27. The van der Waals surface area contributed by atoms with Crippen LogP contribution in [0.1, 0.15) is 19.1 Å². The molecule has 0 saturated carbocycles. The van der Waals surface area contributed by atoms with Crippen LogP contribution in [0.3, 0.4) is 0 Å². The largest absolute Gasteiger partial charge is 0.478 e. The molecule has 0 amide bonds. The van der Waals surface area contributed by atoms with Gasteiger partial charge >= 0.3 is 5.97 Å². The van der Waals surface area contributed by atoms with Gasteiger partial charge in [-0.1, -0.05) is 30.7 Å². The van der Waals surface area contributed by atoms with Crippen LogP contribution in [-0.2, 0) is 4.79 Å². The minimum absolute atomic E-state index is 0.0255. The summed E-state index contributed by atoms with van der Waals surface area (Å²) in [4.78, 5) is 11.2. The lowest BCUT2D eigenvalue weighted by Gasteiger charge is -2.02. The number of halogens is 1. The van der Waals surface area contributed by atoms with Gasteiger partial charge in [0, 0.05) is 5.56 Å². The molecule has 1 N–H and O–H groups in total. The Morgan fingerprint density at radius 1 is 1.33 bits per heavy atom. The molecule has 2 aromatic rings. The van der Waals surface area contributed by atoms with E-state index < -0.39 is 5.97 Å². The highest BCUT2D eigenvalue weighted by Gasteiger charge is 2.18. The Hall–Kier alpha value is -2.51. The predicted octanol–water partition coefficient (Wildman–Crippen LogP) is 4.37. The van der Waals surface area contributed by atoms with Crippen molar-refractivity contribution in [1.82, 2.24) is 0 Å². The van der Waals surface area contributed by atoms with E-state index in [1.54, 1.807) is 37.3 Å². The summed E-state index contributed by atoms with van der Waals surface area (Å²) in [5, 5.41) is 18.9. The standard InChI is InChI=1S/C16H12ClNO3/c1-2-10(16(19)20)12(9-18)15-8-7-14(21-15)11-5-3-4-6-13(11)17/h3-8H,2H2,1H3,(H,19,20)/b12-10+. The molecule has 0 spiro atoms. The molecule has 4 nitrogen and oxygen atoms in total. The van der Waals surface area contributed by atoms with Crippen molar-refractivity contribution in [3.63, 3.8) is 0 Å². The van der Waals surface area contributed by atoms with Crippen molar-refractivity contribution in [2.45, 2.75) is 13.3 Å². The van der Waals surface area contributed by atoms with Crippen molar-refractivity contribution in [2.75, 3.05) is 0 Å². The molecule has 0 saturated heterocycles. The molecule has 0 aliphatic rings. The Morgan fingerprint density at radius 2 is 2.05 bits per heavy atom. The summed E-state index contributed by atoms with van der Waals surface area (Å²) < 4.78 is 5.61. The van der Waals surface area contributed by atoms with Gasteiger partial charge in [-0.05, 0) is 30.7 Å². The fourth-order valence-corrected chi connectivity index (χ4v) is 2.21. The topological polar surface area (TPSA) is 74.2 Å². The van der Waals surface area contributed by atoms with Crippen LogP contribution >= 0.6 is 11.6 Å². The molecule has 0 aliphatic carbocycles. The molecule has 21 heavy (non-hydrogen) atoms. The van der Waals surface area contributed by atoms with E-state index in [2.05, 4.69) is 0 Å². The maximum Gasteiger partial charge on any atom is 0.333 e. The van der Waals surface area contributed by atoms with Crippen LogP contribution < -0.4 is 0 Å². The van der Waals surface area contributed by atoms with Gasteiger partial charge in [0.15, 0.2) is 0 Å². The summed E-state index contributed by atoms with van der Waals surface area (Å²) in [6, 6.07) is 12.3. The summed E-state index contributed by atoms with van der Waals surface area (Å²) >= 11 is 6.09. The van der Waals surface area contributed by atoms with Gasteiger partial charge in [-0.25, -0.2) is 4.79 Å². The first-order valence-corrected chi connectivity index (χ1v) is 6.68. The molecular formula is C16H12ClNO3. The second kappa shape index (κ2) is 6.29. The number of nitriles is 1. The van der Waals surface area contributed by atoms with E-state index in [9.17, 15) is 10.1 Å². The first kappa shape index (κ1) is 14.9. The van der Waals surface area contributed by atoms with Gasteiger partial charge in [0.2, 0.25) is 0 Å². The smallest absolute Gasteiger partial charge is 0.333 e. The first-order valence-electron chi connectivity index (χ1n) is 6.30. The van der Waals surface area contributed by atoms with Crippen molar-refractivity contribution in [2.24, 2.45) is 0 Å². The van der Waals surface area contributed by atoms with Crippen LogP contribution in [0.25, 0.3) is 16.9 Å². The summed E-state index contributed by atoms with van der Waals surface area (Å²) in [6.45, 7) is 1.68. The van der Waals surface area contributed by atoms with Gasteiger partial charge < -0.3 is 9.52 Å². The predicted molar refractivity (Wildman–Crippen MR) is 79.6 cm³/mol. The molecule has 0 bridgehead atoms. The van der Waals surface area contributed by atoms with E-state index in [0.717, 1.165) is 0 Å². The number of benzene rings is 1. The number of carbonyl (C=O) groups is 1. The number of aliphatic carboxylic acids is 1. The van der Waals surface area contributed by atoms with Crippen molar-refractivity contribution in [3.05, 3.63) is 52.8 Å². The third-order valence-corrected chi connectivity index (χ3v) is 3.35. The lowest BCUT2D eigenvalue weighted by Crippen LogP contribution is -2.02. The molecule has 0 atom stereocenters. The Balaban J connectivity index is 2.52. The van der Waals surface area contributed by atoms with Crippen LogP contribution in [-0.4, -0.2) is 11.1 Å². The number of hydrogen-bond acceptors (Lipinski definition) is 3. The molecule has 0 unspecified atom stereocenters. The lowest BCUT2D eigenvalue weighted by molar-refractivity contribution is -0.132. The summed E-state index contributed by atoms with van der Waals surface area (Å²) in [7, 11) is 0. The van der Waals surface area contributed by atoms with Crippen molar-refractivity contribution < 1.29 is 14.3 Å². The minimum atomic E-state index is -1.12. The number of allylic oxidation sites excluding steroid dienone is 1. The van der Waals surface area contributed by atoms with Crippen LogP contribution in [0.2, 0.25) is 5.02 Å². The lowest BCUT2D eigenvalue weighted by atomic mass is 10.1.